The van der Waals surface area contributed by atoms with Gasteiger partial charge in [-0.15, -0.1) is 0 Å². The van der Waals surface area contributed by atoms with Gasteiger partial charge in [0.15, 0.2) is 6.61 Å². The van der Waals surface area contributed by atoms with Gasteiger partial charge in [-0.25, -0.2) is 0 Å². The first-order chi connectivity index (χ1) is 13.0. The van der Waals surface area contributed by atoms with Crippen LogP contribution in [0.5, 0.6) is 5.75 Å². The number of carbonyl (C=O) groups excluding carboxylic acids is 2. The van der Waals surface area contributed by atoms with Crippen LogP contribution in [0, 0.1) is 0 Å². The third-order valence-electron chi connectivity index (χ3n) is 4.40. The molecule has 0 aliphatic heterocycles. The van der Waals surface area contributed by atoms with Crippen molar-refractivity contribution in [2.45, 2.75) is 32.6 Å². The van der Waals surface area contributed by atoms with Gasteiger partial charge in [0, 0.05) is 19.5 Å². The van der Waals surface area contributed by atoms with E-state index < -0.39 is 5.91 Å². The second-order valence-corrected chi connectivity index (χ2v) is 6.85. The van der Waals surface area contributed by atoms with Gasteiger partial charge >= 0.3 is 0 Å². The first-order valence-corrected chi connectivity index (χ1v) is 9.28. The Morgan fingerprint density at radius 1 is 1.00 bits per heavy atom. The Morgan fingerprint density at radius 3 is 2.26 bits per heavy atom. The maximum atomic E-state index is 12.6. The second kappa shape index (κ2) is 10.4. The number of primary amides is 1. The fourth-order valence-electron chi connectivity index (χ4n) is 2.70. The molecule has 2 rings (SSSR count). The van der Waals surface area contributed by atoms with Gasteiger partial charge in [-0.05, 0) is 35.6 Å². The summed E-state index contributed by atoms with van der Waals surface area (Å²) in [6.45, 7) is 5.02. The van der Waals surface area contributed by atoms with Crippen LogP contribution in [0.1, 0.15) is 37.3 Å². The maximum absolute atomic E-state index is 12.6. The van der Waals surface area contributed by atoms with Crippen LogP contribution >= 0.6 is 0 Å². The molecule has 0 radical (unpaired) electrons. The Balaban J connectivity index is 1.92. The van der Waals surface area contributed by atoms with Gasteiger partial charge in [-0.3, -0.25) is 9.59 Å². The quantitative estimate of drug-likeness (QED) is 0.700. The Labute approximate surface area is 161 Å². The monoisotopic (exact) mass is 368 g/mol. The van der Waals surface area contributed by atoms with E-state index in [0.29, 0.717) is 31.2 Å². The molecule has 5 nitrogen and oxygen atoms in total. The Kier molecular flexibility index (Phi) is 7.86. The lowest BCUT2D eigenvalue weighted by Crippen LogP contribution is -2.38. The van der Waals surface area contributed by atoms with E-state index in [2.05, 4.69) is 13.8 Å². The highest BCUT2D eigenvalue weighted by molar-refractivity contribution is 5.79. The van der Waals surface area contributed by atoms with Crippen LogP contribution < -0.4 is 10.5 Å². The van der Waals surface area contributed by atoms with E-state index in [1.54, 1.807) is 4.90 Å². The topological polar surface area (TPSA) is 72.6 Å². The molecular formula is C22H28N2O3. The fraction of sp³-hybridized carbons (Fsp3) is 0.364. The van der Waals surface area contributed by atoms with Crippen LogP contribution in [-0.2, 0) is 16.0 Å². The molecule has 0 aliphatic carbocycles. The summed E-state index contributed by atoms with van der Waals surface area (Å²) in [4.78, 5) is 25.3. The molecular weight excluding hydrogens is 340 g/mol. The summed E-state index contributed by atoms with van der Waals surface area (Å²) in [7, 11) is 0. The van der Waals surface area contributed by atoms with Gasteiger partial charge < -0.3 is 15.4 Å². The Morgan fingerprint density at radius 2 is 1.67 bits per heavy atom. The largest absolute Gasteiger partial charge is 0.484 e. The van der Waals surface area contributed by atoms with E-state index in [9.17, 15) is 9.59 Å². The molecule has 2 aromatic rings. The predicted molar refractivity (Wildman–Crippen MR) is 107 cm³/mol. The second-order valence-electron chi connectivity index (χ2n) is 6.85. The minimum absolute atomic E-state index is 0.0609. The van der Waals surface area contributed by atoms with Crippen molar-refractivity contribution in [2.75, 3.05) is 19.7 Å². The van der Waals surface area contributed by atoms with E-state index in [0.717, 1.165) is 5.56 Å². The third-order valence-corrected chi connectivity index (χ3v) is 4.40. The minimum Gasteiger partial charge on any atom is -0.484 e. The normalized spacial score (nSPS) is 10.6. The average molecular weight is 368 g/mol. The minimum atomic E-state index is -0.419. The summed E-state index contributed by atoms with van der Waals surface area (Å²) in [6.07, 6.45) is 0.859. The highest BCUT2D eigenvalue weighted by Crippen LogP contribution is 2.18. The number of rotatable bonds is 10. The summed E-state index contributed by atoms with van der Waals surface area (Å²) in [6, 6.07) is 17.7. The van der Waals surface area contributed by atoms with Crippen LogP contribution in [0.3, 0.4) is 0 Å². The van der Waals surface area contributed by atoms with Gasteiger partial charge in [-0.2, -0.15) is 0 Å². The SMILES string of the molecule is CC(C)c1ccc(OCC(=O)N(CCC(N)=O)CCc2ccccc2)cc1. The number of hydrogen-bond acceptors (Lipinski definition) is 3. The lowest BCUT2D eigenvalue weighted by Gasteiger charge is -2.22. The smallest absolute Gasteiger partial charge is 0.260 e. The van der Waals surface area contributed by atoms with Crippen molar-refractivity contribution in [1.82, 2.24) is 4.90 Å². The molecule has 0 aliphatic rings. The molecule has 2 N–H and O–H groups in total. The fourth-order valence-corrected chi connectivity index (χ4v) is 2.70. The van der Waals surface area contributed by atoms with Crippen molar-refractivity contribution < 1.29 is 14.3 Å². The zero-order chi connectivity index (χ0) is 19.6. The molecule has 0 saturated heterocycles. The molecule has 0 unspecified atom stereocenters. The standard InChI is InChI=1S/C22H28N2O3/c1-17(2)19-8-10-20(11-9-19)27-16-22(26)24(15-13-21(23)25)14-12-18-6-4-3-5-7-18/h3-11,17H,12-16H2,1-2H3,(H2,23,25). The lowest BCUT2D eigenvalue weighted by atomic mass is 10.0. The summed E-state index contributed by atoms with van der Waals surface area (Å²) in [5, 5.41) is 0. The number of nitrogens with zero attached hydrogens (tertiary/aromatic N) is 1. The van der Waals surface area contributed by atoms with Crippen LogP contribution in [0.15, 0.2) is 54.6 Å². The third kappa shape index (κ3) is 7.13. The van der Waals surface area contributed by atoms with Crippen molar-refractivity contribution in [2.24, 2.45) is 5.73 Å². The summed E-state index contributed by atoms with van der Waals surface area (Å²) in [5.74, 6) is 0.534. The number of benzene rings is 2. The molecule has 0 fully saturated rings. The van der Waals surface area contributed by atoms with E-state index >= 15 is 0 Å². The van der Waals surface area contributed by atoms with Gasteiger partial charge in [0.05, 0.1) is 0 Å². The first-order valence-electron chi connectivity index (χ1n) is 9.28. The average Bonchev–Trinajstić information content (AvgIpc) is 2.67. The number of nitrogens with two attached hydrogens (primary N) is 1. The molecule has 2 aromatic carbocycles. The summed E-state index contributed by atoms with van der Waals surface area (Å²) < 4.78 is 5.63. The lowest BCUT2D eigenvalue weighted by molar-refractivity contribution is -0.133. The predicted octanol–water partition coefficient (Wildman–Crippen LogP) is 3.14. The van der Waals surface area contributed by atoms with E-state index in [1.807, 2.05) is 54.6 Å². The summed E-state index contributed by atoms with van der Waals surface area (Å²) >= 11 is 0. The summed E-state index contributed by atoms with van der Waals surface area (Å²) in [5.41, 5.74) is 7.60. The van der Waals surface area contributed by atoms with Crippen molar-refractivity contribution in [1.29, 1.82) is 0 Å². The first kappa shape index (κ1) is 20.5. The van der Waals surface area contributed by atoms with Crippen molar-refractivity contribution >= 4 is 11.8 Å². The van der Waals surface area contributed by atoms with Crippen LogP contribution in [0.25, 0.3) is 0 Å². The zero-order valence-electron chi connectivity index (χ0n) is 16.1. The van der Waals surface area contributed by atoms with E-state index in [-0.39, 0.29) is 18.9 Å². The van der Waals surface area contributed by atoms with Crippen LogP contribution in [-0.4, -0.2) is 36.4 Å². The molecule has 27 heavy (non-hydrogen) atoms. The molecule has 0 spiro atoms. The molecule has 0 atom stereocenters. The molecule has 0 aromatic heterocycles. The van der Waals surface area contributed by atoms with E-state index in [4.69, 9.17) is 10.5 Å². The number of ether oxygens (including phenoxy) is 1. The number of amides is 2. The Hall–Kier alpha value is -2.82. The zero-order valence-corrected chi connectivity index (χ0v) is 16.1. The van der Waals surface area contributed by atoms with E-state index in [1.165, 1.54) is 5.56 Å². The van der Waals surface area contributed by atoms with Gasteiger partial charge in [0.2, 0.25) is 5.91 Å². The Bertz CT molecular complexity index is 727. The molecule has 0 bridgehead atoms. The maximum Gasteiger partial charge on any atom is 0.260 e. The number of carbonyl (C=O) groups is 2. The van der Waals surface area contributed by atoms with Gasteiger partial charge in [0.1, 0.15) is 5.75 Å². The molecule has 2 amide bonds. The molecule has 0 saturated carbocycles. The van der Waals surface area contributed by atoms with Crippen molar-refractivity contribution in [3.05, 3.63) is 65.7 Å². The van der Waals surface area contributed by atoms with Gasteiger partial charge in [-0.1, -0.05) is 56.3 Å². The molecule has 0 heterocycles. The van der Waals surface area contributed by atoms with Crippen molar-refractivity contribution in [3.8, 4) is 5.75 Å². The highest BCUT2D eigenvalue weighted by Gasteiger charge is 2.15. The number of hydrogen-bond donors (Lipinski definition) is 1. The van der Waals surface area contributed by atoms with Crippen LogP contribution in [0.4, 0.5) is 0 Å². The molecule has 5 heteroatoms. The highest BCUT2D eigenvalue weighted by atomic mass is 16.5. The van der Waals surface area contributed by atoms with Crippen LogP contribution in [0.2, 0.25) is 0 Å². The van der Waals surface area contributed by atoms with Crippen molar-refractivity contribution in [3.63, 3.8) is 0 Å². The van der Waals surface area contributed by atoms with Gasteiger partial charge in [0.25, 0.3) is 5.91 Å². The molecule has 144 valence electrons.